The summed E-state index contributed by atoms with van der Waals surface area (Å²) in [5.74, 6) is 1.86. The van der Waals surface area contributed by atoms with Gasteiger partial charge in [-0.15, -0.1) is 0 Å². The molecule has 114 valence electrons. The van der Waals surface area contributed by atoms with Gasteiger partial charge in [-0.25, -0.2) is 0 Å². The third-order valence-electron chi connectivity index (χ3n) is 3.63. The van der Waals surface area contributed by atoms with Crippen LogP contribution in [0.2, 0.25) is 5.02 Å². The summed E-state index contributed by atoms with van der Waals surface area (Å²) >= 11 is 6.41. The highest BCUT2D eigenvalue weighted by molar-refractivity contribution is 6.33. The molecular weight excluding hydrogens is 284 g/mol. The molecule has 1 atom stereocenters. The fourth-order valence-electron chi connectivity index (χ4n) is 2.32. The number of furan rings is 1. The number of nitrogens with two attached hydrogens (primary N) is 1. The van der Waals surface area contributed by atoms with Crippen LogP contribution in [0.4, 0.5) is 5.69 Å². The van der Waals surface area contributed by atoms with Gasteiger partial charge < -0.3 is 15.1 Å². The van der Waals surface area contributed by atoms with Crippen molar-refractivity contribution in [1.82, 2.24) is 0 Å². The predicted molar refractivity (Wildman–Crippen MR) is 89.0 cm³/mol. The number of aryl methyl sites for hydroxylation is 1. The molecule has 2 rings (SSSR count). The van der Waals surface area contributed by atoms with Crippen LogP contribution in [0.5, 0.6) is 0 Å². The van der Waals surface area contributed by atoms with Crippen molar-refractivity contribution in [1.29, 1.82) is 0 Å². The summed E-state index contributed by atoms with van der Waals surface area (Å²) in [7, 11) is 2.01. The van der Waals surface area contributed by atoms with Crippen LogP contribution < -0.4 is 10.6 Å². The maximum atomic E-state index is 6.41. The first-order valence-electron chi connectivity index (χ1n) is 7.30. The Bertz CT molecular complexity index is 594. The molecule has 0 aliphatic carbocycles. The van der Waals surface area contributed by atoms with E-state index in [1.165, 1.54) is 5.56 Å². The highest BCUT2D eigenvalue weighted by Gasteiger charge is 2.10. The minimum Gasteiger partial charge on any atom is -0.464 e. The summed E-state index contributed by atoms with van der Waals surface area (Å²) in [5.41, 5.74) is 8.17. The quantitative estimate of drug-likeness (QED) is 0.871. The van der Waals surface area contributed by atoms with Crippen LogP contribution in [-0.2, 0) is 13.0 Å². The van der Waals surface area contributed by atoms with Crippen LogP contribution in [0.1, 0.15) is 30.4 Å². The van der Waals surface area contributed by atoms with Crippen molar-refractivity contribution in [3.63, 3.8) is 0 Å². The summed E-state index contributed by atoms with van der Waals surface area (Å²) in [4.78, 5) is 2.09. The van der Waals surface area contributed by atoms with Gasteiger partial charge in [-0.1, -0.05) is 24.6 Å². The van der Waals surface area contributed by atoms with Gasteiger partial charge in [0.05, 0.1) is 17.3 Å². The zero-order chi connectivity index (χ0) is 15.4. The van der Waals surface area contributed by atoms with E-state index in [-0.39, 0.29) is 6.04 Å². The molecular formula is C17H23ClN2O. The Hall–Kier alpha value is -1.45. The van der Waals surface area contributed by atoms with E-state index in [1.807, 2.05) is 32.2 Å². The highest BCUT2D eigenvalue weighted by Crippen LogP contribution is 2.28. The Morgan fingerprint density at radius 2 is 2.05 bits per heavy atom. The third-order valence-corrected chi connectivity index (χ3v) is 3.94. The molecule has 0 aliphatic heterocycles. The lowest BCUT2D eigenvalue weighted by atomic mass is 10.0. The van der Waals surface area contributed by atoms with Gasteiger partial charge in [0.2, 0.25) is 0 Å². The molecule has 0 saturated carbocycles. The third kappa shape index (κ3) is 4.26. The van der Waals surface area contributed by atoms with E-state index in [0.29, 0.717) is 6.54 Å². The van der Waals surface area contributed by atoms with Gasteiger partial charge in [0.1, 0.15) is 11.5 Å². The molecule has 0 spiro atoms. The topological polar surface area (TPSA) is 42.4 Å². The molecule has 0 aliphatic rings. The summed E-state index contributed by atoms with van der Waals surface area (Å²) in [6, 6.07) is 10.3. The van der Waals surface area contributed by atoms with Gasteiger partial charge in [0, 0.05) is 13.1 Å². The highest BCUT2D eigenvalue weighted by atomic mass is 35.5. The Balaban J connectivity index is 2.09. The lowest BCUT2D eigenvalue weighted by Crippen LogP contribution is -2.21. The molecule has 3 nitrogen and oxygen atoms in total. The lowest BCUT2D eigenvalue weighted by molar-refractivity contribution is 0.482. The average Bonchev–Trinajstić information content (AvgIpc) is 2.83. The molecule has 21 heavy (non-hydrogen) atoms. The van der Waals surface area contributed by atoms with Gasteiger partial charge in [0.15, 0.2) is 0 Å². The molecule has 1 heterocycles. The summed E-state index contributed by atoms with van der Waals surface area (Å²) < 4.78 is 5.61. The van der Waals surface area contributed by atoms with Crippen molar-refractivity contribution in [2.24, 2.45) is 5.73 Å². The Morgan fingerprint density at radius 3 is 2.62 bits per heavy atom. The molecule has 0 bridgehead atoms. The molecule has 0 amide bonds. The molecule has 1 aromatic carbocycles. The summed E-state index contributed by atoms with van der Waals surface area (Å²) in [5, 5.41) is 0.751. The number of nitrogens with zero attached hydrogens (tertiary/aromatic N) is 1. The molecule has 1 aromatic heterocycles. The number of rotatable bonds is 6. The minimum atomic E-state index is 0.191. The van der Waals surface area contributed by atoms with Gasteiger partial charge in [0.25, 0.3) is 0 Å². The van der Waals surface area contributed by atoms with E-state index in [2.05, 4.69) is 24.0 Å². The average molecular weight is 307 g/mol. The summed E-state index contributed by atoms with van der Waals surface area (Å²) in [6.07, 6.45) is 1.83. The number of hydrogen-bond donors (Lipinski definition) is 1. The summed E-state index contributed by atoms with van der Waals surface area (Å²) in [6.45, 7) is 4.74. The normalized spacial score (nSPS) is 12.4. The second kappa shape index (κ2) is 7.01. The largest absolute Gasteiger partial charge is 0.464 e. The van der Waals surface area contributed by atoms with Crippen molar-refractivity contribution in [3.8, 4) is 0 Å². The number of hydrogen-bond acceptors (Lipinski definition) is 3. The molecule has 0 saturated heterocycles. The van der Waals surface area contributed by atoms with Crippen molar-refractivity contribution < 1.29 is 4.42 Å². The van der Waals surface area contributed by atoms with Crippen LogP contribution in [0.15, 0.2) is 34.7 Å². The van der Waals surface area contributed by atoms with Crippen LogP contribution in [-0.4, -0.2) is 13.1 Å². The fraction of sp³-hybridized carbons (Fsp3) is 0.412. The van der Waals surface area contributed by atoms with Gasteiger partial charge in [-0.2, -0.15) is 0 Å². The standard InChI is InChI=1S/C17H23ClN2O/c1-4-14(19)9-13-6-8-17(16(18)10-13)20(3)11-15-7-5-12(2)21-15/h5-8,10,14H,4,9,11,19H2,1-3H3. The van der Waals surface area contributed by atoms with Crippen LogP contribution in [0, 0.1) is 6.92 Å². The monoisotopic (exact) mass is 306 g/mol. The molecule has 1 unspecified atom stereocenters. The van der Waals surface area contributed by atoms with Crippen LogP contribution >= 0.6 is 11.6 Å². The zero-order valence-corrected chi connectivity index (χ0v) is 13.7. The molecule has 0 radical (unpaired) electrons. The van der Waals surface area contributed by atoms with Crippen LogP contribution in [0.25, 0.3) is 0 Å². The van der Waals surface area contributed by atoms with Gasteiger partial charge >= 0.3 is 0 Å². The second-order valence-electron chi connectivity index (χ2n) is 5.53. The Morgan fingerprint density at radius 1 is 1.29 bits per heavy atom. The minimum absolute atomic E-state index is 0.191. The SMILES string of the molecule is CCC(N)Cc1ccc(N(C)Cc2ccc(C)o2)c(Cl)c1. The lowest BCUT2D eigenvalue weighted by Gasteiger charge is -2.20. The number of halogens is 1. The van der Waals surface area contributed by atoms with Crippen molar-refractivity contribution in [2.45, 2.75) is 39.3 Å². The smallest absolute Gasteiger partial charge is 0.123 e. The Kier molecular flexibility index (Phi) is 5.32. The van der Waals surface area contributed by atoms with Crippen molar-refractivity contribution in [3.05, 3.63) is 52.4 Å². The van der Waals surface area contributed by atoms with E-state index in [0.717, 1.165) is 35.1 Å². The second-order valence-corrected chi connectivity index (χ2v) is 5.93. The van der Waals surface area contributed by atoms with E-state index < -0.39 is 0 Å². The maximum absolute atomic E-state index is 6.41. The number of anilines is 1. The maximum Gasteiger partial charge on any atom is 0.123 e. The zero-order valence-electron chi connectivity index (χ0n) is 12.9. The van der Waals surface area contributed by atoms with E-state index >= 15 is 0 Å². The first kappa shape index (κ1) is 15.9. The van der Waals surface area contributed by atoms with E-state index in [9.17, 15) is 0 Å². The van der Waals surface area contributed by atoms with Gasteiger partial charge in [-0.05, 0) is 49.6 Å². The van der Waals surface area contributed by atoms with E-state index in [1.54, 1.807) is 0 Å². The van der Waals surface area contributed by atoms with Crippen molar-refractivity contribution >= 4 is 17.3 Å². The molecule has 0 fully saturated rings. The first-order chi connectivity index (χ1) is 9.99. The van der Waals surface area contributed by atoms with E-state index in [4.69, 9.17) is 21.8 Å². The Labute approximate surface area is 131 Å². The molecule has 2 aromatic rings. The molecule has 4 heteroatoms. The number of benzene rings is 1. The fourth-order valence-corrected chi connectivity index (χ4v) is 2.67. The van der Waals surface area contributed by atoms with Crippen molar-refractivity contribution in [2.75, 3.05) is 11.9 Å². The predicted octanol–water partition coefficient (Wildman–Crippen LogP) is 4.16. The van der Waals surface area contributed by atoms with Crippen LogP contribution in [0.3, 0.4) is 0 Å². The molecule has 2 N–H and O–H groups in total. The first-order valence-corrected chi connectivity index (χ1v) is 7.68. The van der Waals surface area contributed by atoms with Gasteiger partial charge in [-0.3, -0.25) is 0 Å².